The van der Waals surface area contributed by atoms with Gasteiger partial charge in [-0.05, 0) is 44.7 Å². The third-order valence-corrected chi connectivity index (χ3v) is 8.12. The van der Waals surface area contributed by atoms with Crippen molar-refractivity contribution in [2.75, 3.05) is 52.5 Å². The zero-order chi connectivity index (χ0) is 28.7. The van der Waals surface area contributed by atoms with Gasteiger partial charge in [-0.15, -0.1) is 0 Å². The van der Waals surface area contributed by atoms with Gasteiger partial charge in [0, 0.05) is 38.3 Å². The SMILES string of the molecule is CC(C)(C=C(C#N)C(=O)N1CCC[C@@H]1COC(=O)N[C@@H](Cc1ccccc1)B(O)O)N1CCN(C2COC2)CC1. The van der Waals surface area contributed by atoms with Crippen LogP contribution >= 0.6 is 0 Å². The molecule has 11 nitrogen and oxygen atoms in total. The van der Waals surface area contributed by atoms with Gasteiger partial charge in [0.05, 0.1) is 31.2 Å². The number of rotatable bonds is 10. The van der Waals surface area contributed by atoms with Gasteiger partial charge < -0.3 is 29.7 Å². The van der Waals surface area contributed by atoms with Gasteiger partial charge in [0.2, 0.25) is 0 Å². The molecule has 40 heavy (non-hydrogen) atoms. The van der Waals surface area contributed by atoms with Gasteiger partial charge >= 0.3 is 13.2 Å². The average Bonchev–Trinajstić information content (AvgIpc) is 3.38. The topological polar surface area (TPSA) is 139 Å². The molecule has 0 saturated carbocycles. The number of likely N-dealkylation sites (tertiary alicyclic amines) is 1. The number of piperazine rings is 1. The Hall–Kier alpha value is -2.95. The summed E-state index contributed by atoms with van der Waals surface area (Å²) in [6.07, 6.45) is 2.57. The molecular weight excluding hydrogens is 513 g/mol. The smallest absolute Gasteiger partial charge is 0.447 e. The van der Waals surface area contributed by atoms with E-state index in [0.29, 0.717) is 19.0 Å². The van der Waals surface area contributed by atoms with Gasteiger partial charge in [-0.1, -0.05) is 30.3 Å². The average molecular weight is 553 g/mol. The van der Waals surface area contributed by atoms with Crippen molar-refractivity contribution in [2.24, 2.45) is 0 Å². The zero-order valence-electron chi connectivity index (χ0n) is 23.4. The number of nitrogens with zero attached hydrogens (tertiary/aromatic N) is 4. The number of alkyl carbamates (subject to hydrolysis) is 1. The van der Waals surface area contributed by atoms with Crippen LogP contribution in [0.25, 0.3) is 0 Å². The lowest BCUT2D eigenvalue weighted by Crippen LogP contribution is -2.59. The summed E-state index contributed by atoms with van der Waals surface area (Å²) in [5.74, 6) is -1.31. The van der Waals surface area contributed by atoms with Crippen LogP contribution in [0.4, 0.5) is 4.79 Å². The van der Waals surface area contributed by atoms with E-state index in [0.717, 1.165) is 51.4 Å². The first kappa shape index (κ1) is 30.0. The molecule has 0 aliphatic carbocycles. The van der Waals surface area contributed by atoms with E-state index in [1.54, 1.807) is 11.0 Å². The van der Waals surface area contributed by atoms with Gasteiger partial charge in [0.1, 0.15) is 18.2 Å². The van der Waals surface area contributed by atoms with E-state index in [1.807, 2.05) is 44.2 Å². The Balaban J connectivity index is 1.31. The highest BCUT2D eigenvalue weighted by molar-refractivity contribution is 6.43. The highest BCUT2D eigenvalue weighted by Gasteiger charge is 2.36. The van der Waals surface area contributed by atoms with Crippen LogP contribution in [0, 0.1) is 11.3 Å². The van der Waals surface area contributed by atoms with Crippen LogP contribution in [0.15, 0.2) is 42.0 Å². The summed E-state index contributed by atoms with van der Waals surface area (Å²) < 4.78 is 10.7. The Morgan fingerprint density at radius 1 is 1.20 bits per heavy atom. The second kappa shape index (κ2) is 13.6. The molecule has 12 heteroatoms. The largest absolute Gasteiger partial charge is 0.475 e. The number of carbonyl (C=O) groups excluding carboxylic acids is 2. The van der Waals surface area contributed by atoms with Crippen molar-refractivity contribution >= 4 is 19.1 Å². The van der Waals surface area contributed by atoms with E-state index in [2.05, 4.69) is 21.2 Å². The molecule has 1 aromatic carbocycles. The molecule has 0 bridgehead atoms. The number of nitriles is 1. The Bertz CT molecular complexity index is 1080. The minimum absolute atomic E-state index is 0.0495. The Morgan fingerprint density at radius 3 is 2.50 bits per heavy atom. The van der Waals surface area contributed by atoms with E-state index in [9.17, 15) is 24.9 Å². The van der Waals surface area contributed by atoms with Crippen LogP contribution in [0.2, 0.25) is 0 Å². The number of amides is 2. The lowest BCUT2D eigenvalue weighted by Gasteiger charge is -2.46. The lowest BCUT2D eigenvalue weighted by molar-refractivity contribution is -0.128. The number of hydrogen-bond donors (Lipinski definition) is 3. The first-order valence-electron chi connectivity index (χ1n) is 14.0. The van der Waals surface area contributed by atoms with Crippen molar-refractivity contribution < 1.29 is 29.1 Å². The summed E-state index contributed by atoms with van der Waals surface area (Å²) in [5.41, 5.74) is 0.442. The molecule has 0 aromatic heterocycles. The molecule has 3 saturated heterocycles. The van der Waals surface area contributed by atoms with E-state index >= 15 is 0 Å². The van der Waals surface area contributed by atoms with Crippen molar-refractivity contribution in [1.82, 2.24) is 20.0 Å². The highest BCUT2D eigenvalue weighted by atomic mass is 16.5. The normalized spacial score (nSPS) is 21.8. The maximum absolute atomic E-state index is 13.4. The summed E-state index contributed by atoms with van der Waals surface area (Å²) in [6.45, 7) is 9.58. The lowest BCUT2D eigenvalue weighted by atomic mass is 9.76. The van der Waals surface area contributed by atoms with Crippen molar-refractivity contribution in [3.8, 4) is 6.07 Å². The van der Waals surface area contributed by atoms with E-state index in [-0.39, 0.29) is 30.5 Å². The van der Waals surface area contributed by atoms with Crippen LogP contribution in [-0.4, -0.2) is 120 Å². The van der Waals surface area contributed by atoms with Gasteiger partial charge in [0.15, 0.2) is 0 Å². The molecule has 0 radical (unpaired) electrons. The first-order valence-corrected chi connectivity index (χ1v) is 14.0. The summed E-state index contributed by atoms with van der Waals surface area (Å²) in [4.78, 5) is 32.2. The second-order valence-electron chi connectivity index (χ2n) is 11.3. The molecule has 2 atom stereocenters. The fourth-order valence-electron chi connectivity index (χ4n) is 5.58. The monoisotopic (exact) mass is 553 g/mol. The molecule has 3 aliphatic rings. The molecule has 3 fully saturated rings. The first-order chi connectivity index (χ1) is 19.2. The van der Waals surface area contributed by atoms with Crippen LogP contribution in [0.1, 0.15) is 32.3 Å². The van der Waals surface area contributed by atoms with Crippen molar-refractivity contribution in [3.05, 3.63) is 47.5 Å². The minimum atomic E-state index is -1.76. The maximum Gasteiger partial charge on any atom is 0.475 e. The number of carbonyl (C=O) groups is 2. The fourth-order valence-corrected chi connectivity index (χ4v) is 5.58. The number of hydrogen-bond acceptors (Lipinski definition) is 9. The van der Waals surface area contributed by atoms with Crippen molar-refractivity contribution in [3.63, 3.8) is 0 Å². The Kier molecular flexibility index (Phi) is 10.2. The predicted molar refractivity (Wildman–Crippen MR) is 149 cm³/mol. The molecule has 0 unspecified atom stereocenters. The Morgan fingerprint density at radius 2 is 1.90 bits per heavy atom. The van der Waals surface area contributed by atoms with Crippen LogP contribution in [-0.2, 0) is 20.7 Å². The summed E-state index contributed by atoms with van der Waals surface area (Å²) in [5, 5.41) is 31.9. The number of ether oxygens (including phenoxy) is 2. The molecule has 3 heterocycles. The van der Waals surface area contributed by atoms with E-state index in [1.165, 1.54) is 0 Å². The van der Waals surface area contributed by atoms with E-state index in [4.69, 9.17) is 9.47 Å². The molecule has 1 aromatic rings. The molecule has 4 rings (SSSR count). The van der Waals surface area contributed by atoms with Gasteiger partial charge in [-0.2, -0.15) is 5.26 Å². The quantitative estimate of drug-likeness (QED) is 0.216. The molecule has 3 N–H and O–H groups in total. The predicted octanol–water partition coefficient (Wildman–Crippen LogP) is 0.572. The summed E-state index contributed by atoms with van der Waals surface area (Å²) in [7, 11) is -1.76. The molecular formula is C28H40BN5O6. The van der Waals surface area contributed by atoms with Crippen LogP contribution in [0.5, 0.6) is 0 Å². The van der Waals surface area contributed by atoms with Crippen LogP contribution in [0.3, 0.4) is 0 Å². The van der Waals surface area contributed by atoms with Gasteiger partial charge in [0.25, 0.3) is 5.91 Å². The minimum Gasteiger partial charge on any atom is -0.447 e. The van der Waals surface area contributed by atoms with Crippen LogP contribution < -0.4 is 5.32 Å². The molecule has 2 amide bonds. The standard InChI is InChI=1S/C28H40BN5O6/c1-28(2,33-13-11-32(12-14-33)24-18-39-19-24)16-22(17-30)26(35)34-10-6-9-23(34)20-40-27(36)31-25(29(37)38)15-21-7-4-3-5-8-21/h3-5,7-8,16,23-25,37-38H,6,9-15,18-20H2,1-2H3,(H,31,36)/t23-,25+/m1/s1. The summed E-state index contributed by atoms with van der Waals surface area (Å²) >= 11 is 0. The third kappa shape index (κ3) is 7.62. The van der Waals surface area contributed by atoms with Crippen molar-refractivity contribution in [1.29, 1.82) is 5.26 Å². The van der Waals surface area contributed by atoms with E-state index < -0.39 is 24.7 Å². The maximum atomic E-state index is 13.4. The fraction of sp³-hybridized carbons (Fsp3) is 0.607. The number of nitrogens with one attached hydrogen (secondary N) is 1. The molecule has 216 valence electrons. The Labute approximate surface area is 236 Å². The summed E-state index contributed by atoms with van der Waals surface area (Å²) in [6, 6.07) is 11.4. The highest BCUT2D eigenvalue weighted by Crippen LogP contribution is 2.25. The molecule has 0 spiro atoms. The van der Waals surface area contributed by atoms with Gasteiger partial charge in [-0.3, -0.25) is 14.6 Å². The van der Waals surface area contributed by atoms with Crippen molar-refractivity contribution in [2.45, 2.75) is 56.7 Å². The zero-order valence-corrected chi connectivity index (χ0v) is 23.4. The second-order valence-corrected chi connectivity index (χ2v) is 11.3. The third-order valence-electron chi connectivity index (χ3n) is 8.12. The van der Waals surface area contributed by atoms with Gasteiger partial charge in [-0.25, -0.2) is 4.79 Å². The molecule has 3 aliphatic heterocycles. The number of benzene rings is 1.